The Morgan fingerprint density at radius 1 is 1.12 bits per heavy atom. The lowest BCUT2D eigenvalue weighted by molar-refractivity contribution is 0.110. The number of ether oxygens (including phenoxy) is 2. The van der Waals surface area contributed by atoms with Crippen molar-refractivity contribution < 1.29 is 9.47 Å². The third kappa shape index (κ3) is 4.87. The second kappa shape index (κ2) is 8.72. The Morgan fingerprint density at radius 2 is 2.00 bits per heavy atom. The van der Waals surface area contributed by atoms with E-state index >= 15 is 0 Å². The minimum Gasteiger partial charge on any atom is -0.489 e. The topological polar surface area (TPSA) is 30.5 Å². The zero-order chi connectivity index (χ0) is 16.8. The molecule has 2 aromatic carbocycles. The van der Waals surface area contributed by atoms with E-state index in [1.54, 1.807) is 0 Å². The van der Waals surface area contributed by atoms with Crippen LogP contribution in [0.5, 0.6) is 5.75 Å². The van der Waals surface area contributed by atoms with E-state index in [0.29, 0.717) is 29.3 Å². The molecule has 1 fully saturated rings. The summed E-state index contributed by atoms with van der Waals surface area (Å²) in [5.74, 6) is 0.819. The van der Waals surface area contributed by atoms with E-state index in [2.05, 4.69) is 5.32 Å². The number of hydrogen-bond donors (Lipinski definition) is 1. The van der Waals surface area contributed by atoms with Crippen molar-refractivity contribution in [3.63, 3.8) is 0 Å². The standard InChI is InChI=1S/C19H21Cl2NO2/c20-16-7-8-19(24-13-14-4-1-2-6-18(14)21)15(10-16)11-22-12-17-5-3-9-23-17/h1-2,4,6-8,10,17,22H,3,5,9,11-13H2/t17-/m1/s1. The maximum absolute atomic E-state index is 6.18. The van der Waals surface area contributed by atoms with Crippen LogP contribution < -0.4 is 10.1 Å². The smallest absolute Gasteiger partial charge is 0.124 e. The van der Waals surface area contributed by atoms with Gasteiger partial charge < -0.3 is 14.8 Å². The molecule has 3 rings (SSSR count). The lowest BCUT2D eigenvalue weighted by atomic mass is 10.2. The molecule has 0 aromatic heterocycles. The first-order chi connectivity index (χ1) is 11.7. The van der Waals surface area contributed by atoms with Gasteiger partial charge in [-0.3, -0.25) is 0 Å². The Kier molecular flexibility index (Phi) is 6.38. The van der Waals surface area contributed by atoms with Gasteiger partial charge in [-0.2, -0.15) is 0 Å². The van der Waals surface area contributed by atoms with E-state index in [9.17, 15) is 0 Å². The molecular weight excluding hydrogens is 345 g/mol. The molecule has 1 aliphatic heterocycles. The summed E-state index contributed by atoms with van der Waals surface area (Å²) >= 11 is 12.3. The van der Waals surface area contributed by atoms with Crippen molar-refractivity contribution in [2.24, 2.45) is 0 Å². The highest BCUT2D eigenvalue weighted by Crippen LogP contribution is 2.25. The van der Waals surface area contributed by atoms with Crippen LogP contribution in [0.15, 0.2) is 42.5 Å². The summed E-state index contributed by atoms with van der Waals surface area (Å²) in [6.07, 6.45) is 2.59. The highest BCUT2D eigenvalue weighted by atomic mass is 35.5. The van der Waals surface area contributed by atoms with Gasteiger partial charge in [0.2, 0.25) is 0 Å². The number of halogens is 2. The molecule has 2 aromatic rings. The summed E-state index contributed by atoms with van der Waals surface area (Å²) in [4.78, 5) is 0. The fourth-order valence-corrected chi connectivity index (χ4v) is 3.16. The molecule has 0 amide bonds. The molecule has 24 heavy (non-hydrogen) atoms. The SMILES string of the molecule is Clc1ccc(OCc2ccccc2Cl)c(CNC[C@H]2CCCO2)c1. The summed E-state index contributed by atoms with van der Waals surface area (Å²) in [5.41, 5.74) is 2.00. The Labute approximate surface area is 152 Å². The Morgan fingerprint density at radius 3 is 2.79 bits per heavy atom. The highest BCUT2D eigenvalue weighted by Gasteiger charge is 2.15. The largest absolute Gasteiger partial charge is 0.489 e. The van der Waals surface area contributed by atoms with Crippen molar-refractivity contribution in [1.82, 2.24) is 5.32 Å². The average Bonchev–Trinajstić information content (AvgIpc) is 3.09. The first-order valence-electron chi connectivity index (χ1n) is 8.19. The first-order valence-corrected chi connectivity index (χ1v) is 8.95. The lowest BCUT2D eigenvalue weighted by Crippen LogP contribution is -2.26. The van der Waals surface area contributed by atoms with Gasteiger partial charge in [-0.15, -0.1) is 0 Å². The Hall–Kier alpha value is -1.26. The van der Waals surface area contributed by atoms with Crippen LogP contribution in [0.1, 0.15) is 24.0 Å². The summed E-state index contributed by atoms with van der Waals surface area (Å²) < 4.78 is 11.6. The van der Waals surface area contributed by atoms with Gasteiger partial charge in [-0.25, -0.2) is 0 Å². The third-order valence-corrected chi connectivity index (χ3v) is 4.68. The third-order valence-electron chi connectivity index (χ3n) is 4.07. The number of rotatable bonds is 7. The van der Waals surface area contributed by atoms with E-state index in [-0.39, 0.29) is 0 Å². The monoisotopic (exact) mass is 365 g/mol. The van der Waals surface area contributed by atoms with Crippen molar-refractivity contribution in [3.05, 3.63) is 63.6 Å². The van der Waals surface area contributed by atoms with Crippen molar-refractivity contribution in [2.75, 3.05) is 13.2 Å². The molecule has 0 bridgehead atoms. The van der Waals surface area contributed by atoms with Crippen LogP contribution in [-0.4, -0.2) is 19.3 Å². The molecule has 0 radical (unpaired) electrons. The maximum atomic E-state index is 6.18. The predicted octanol–water partition coefficient (Wildman–Crippen LogP) is 4.84. The Balaban J connectivity index is 1.60. The Bertz CT molecular complexity index is 672. The predicted molar refractivity (Wildman–Crippen MR) is 97.9 cm³/mol. The minimum atomic E-state index is 0.316. The van der Waals surface area contributed by atoms with Gasteiger partial charge in [0, 0.05) is 40.9 Å². The molecule has 1 N–H and O–H groups in total. The molecular formula is C19H21Cl2NO2. The van der Waals surface area contributed by atoms with E-state index in [1.807, 2.05) is 42.5 Å². The molecule has 1 atom stereocenters. The number of hydrogen-bond acceptors (Lipinski definition) is 3. The molecule has 1 heterocycles. The van der Waals surface area contributed by atoms with Crippen molar-refractivity contribution in [3.8, 4) is 5.75 Å². The van der Waals surface area contributed by atoms with Crippen LogP contribution in [0.4, 0.5) is 0 Å². The second-order valence-electron chi connectivity index (χ2n) is 5.90. The van der Waals surface area contributed by atoms with E-state index in [0.717, 1.165) is 42.9 Å². The highest BCUT2D eigenvalue weighted by molar-refractivity contribution is 6.31. The van der Waals surface area contributed by atoms with E-state index in [1.165, 1.54) is 0 Å². The minimum absolute atomic E-state index is 0.316. The van der Waals surface area contributed by atoms with Crippen molar-refractivity contribution in [1.29, 1.82) is 0 Å². The second-order valence-corrected chi connectivity index (χ2v) is 6.74. The van der Waals surface area contributed by atoms with E-state index in [4.69, 9.17) is 32.7 Å². The summed E-state index contributed by atoms with van der Waals surface area (Å²) in [6.45, 7) is 2.84. The summed E-state index contributed by atoms with van der Waals surface area (Å²) in [6, 6.07) is 13.4. The summed E-state index contributed by atoms with van der Waals surface area (Å²) in [5, 5.41) is 4.85. The van der Waals surface area contributed by atoms with Crippen LogP contribution in [0, 0.1) is 0 Å². The normalized spacial score (nSPS) is 17.2. The average molecular weight is 366 g/mol. The van der Waals surface area contributed by atoms with Crippen molar-refractivity contribution in [2.45, 2.75) is 32.1 Å². The van der Waals surface area contributed by atoms with Gasteiger partial charge in [0.15, 0.2) is 0 Å². The quantitative estimate of drug-likeness (QED) is 0.761. The number of benzene rings is 2. The van der Waals surface area contributed by atoms with Gasteiger partial charge in [0.05, 0.1) is 6.10 Å². The van der Waals surface area contributed by atoms with Gasteiger partial charge in [-0.1, -0.05) is 41.4 Å². The van der Waals surface area contributed by atoms with Crippen LogP contribution in [0.2, 0.25) is 10.0 Å². The molecule has 5 heteroatoms. The molecule has 3 nitrogen and oxygen atoms in total. The summed E-state index contributed by atoms with van der Waals surface area (Å²) in [7, 11) is 0. The van der Waals surface area contributed by atoms with Crippen LogP contribution in [0.25, 0.3) is 0 Å². The molecule has 1 aliphatic rings. The zero-order valence-corrected chi connectivity index (χ0v) is 14.9. The fourth-order valence-electron chi connectivity index (χ4n) is 2.77. The molecule has 0 saturated carbocycles. The number of nitrogens with one attached hydrogen (secondary N) is 1. The molecule has 128 valence electrons. The lowest BCUT2D eigenvalue weighted by Gasteiger charge is -2.15. The molecule has 0 unspecified atom stereocenters. The zero-order valence-electron chi connectivity index (χ0n) is 13.4. The van der Waals surface area contributed by atoms with Crippen LogP contribution >= 0.6 is 23.2 Å². The van der Waals surface area contributed by atoms with Gasteiger partial charge in [-0.05, 0) is 37.1 Å². The van der Waals surface area contributed by atoms with Gasteiger partial charge in [0.1, 0.15) is 12.4 Å². The van der Waals surface area contributed by atoms with Crippen LogP contribution in [0.3, 0.4) is 0 Å². The fraction of sp³-hybridized carbons (Fsp3) is 0.368. The first kappa shape index (κ1) is 17.6. The molecule has 0 aliphatic carbocycles. The van der Waals surface area contributed by atoms with Gasteiger partial charge in [0.25, 0.3) is 0 Å². The van der Waals surface area contributed by atoms with Crippen LogP contribution in [-0.2, 0) is 17.9 Å². The van der Waals surface area contributed by atoms with E-state index < -0.39 is 0 Å². The maximum Gasteiger partial charge on any atom is 0.124 e. The molecule has 1 saturated heterocycles. The van der Waals surface area contributed by atoms with Gasteiger partial charge >= 0.3 is 0 Å². The molecule has 0 spiro atoms. The van der Waals surface area contributed by atoms with Crippen molar-refractivity contribution >= 4 is 23.2 Å².